The number of aromatic nitrogens is 2. The van der Waals surface area contributed by atoms with Gasteiger partial charge in [-0.15, -0.1) is 0 Å². The Bertz CT molecular complexity index is 1310. The summed E-state index contributed by atoms with van der Waals surface area (Å²) in [5.41, 5.74) is 6.44. The maximum absolute atomic E-state index is 13.3. The first-order valence-electron chi connectivity index (χ1n) is 12.9. The van der Waals surface area contributed by atoms with Gasteiger partial charge in [0.15, 0.2) is 0 Å². The molecule has 190 valence electrons. The van der Waals surface area contributed by atoms with Crippen LogP contribution in [-0.2, 0) is 17.8 Å². The highest BCUT2D eigenvalue weighted by Gasteiger charge is 2.21. The highest BCUT2D eigenvalue weighted by molar-refractivity contribution is 6.49. The molecule has 0 aliphatic carbocycles. The number of carbonyl (C=O) groups excluding carboxylic acids is 2. The number of carbonyl (C=O) groups is 2. The third kappa shape index (κ3) is 5.91. The molecule has 2 amide bonds. The van der Waals surface area contributed by atoms with Gasteiger partial charge in [-0.3, -0.25) is 24.5 Å². The minimum Gasteiger partial charge on any atom is -0.354 e. The molecule has 37 heavy (non-hydrogen) atoms. The minimum absolute atomic E-state index is 0.276. The molecule has 8 heteroatoms. The fourth-order valence-electron chi connectivity index (χ4n) is 4.96. The summed E-state index contributed by atoms with van der Waals surface area (Å²) in [5, 5.41) is 5.44. The summed E-state index contributed by atoms with van der Waals surface area (Å²) in [7, 11) is 1.55. The molecule has 2 aromatic heterocycles. The largest absolute Gasteiger partial charge is 0.354 e. The second-order valence-corrected chi connectivity index (χ2v) is 9.59. The van der Waals surface area contributed by atoms with Crippen molar-refractivity contribution in [2.45, 2.75) is 38.6 Å². The van der Waals surface area contributed by atoms with Crippen LogP contribution in [-0.4, -0.2) is 59.1 Å². The lowest BCUT2D eigenvalue weighted by Crippen LogP contribution is -2.29. The van der Waals surface area contributed by atoms with Crippen LogP contribution in [0.2, 0.25) is 0 Å². The fourth-order valence-corrected chi connectivity index (χ4v) is 4.96. The Kier molecular flexibility index (Phi) is 7.65. The van der Waals surface area contributed by atoms with Crippen molar-refractivity contribution >= 4 is 23.2 Å². The number of piperidine rings is 1. The van der Waals surface area contributed by atoms with Crippen LogP contribution >= 0.6 is 0 Å². The van der Waals surface area contributed by atoms with Gasteiger partial charge in [0, 0.05) is 43.7 Å². The molecule has 2 N–H and O–H groups in total. The number of nitrogens with zero attached hydrogens (tertiary/aromatic N) is 4. The molecule has 1 saturated heterocycles. The summed E-state index contributed by atoms with van der Waals surface area (Å²) < 4.78 is 0. The predicted octanol–water partition coefficient (Wildman–Crippen LogP) is 3.86. The molecule has 0 bridgehead atoms. The van der Waals surface area contributed by atoms with Crippen LogP contribution in [0.15, 0.2) is 60.0 Å². The van der Waals surface area contributed by atoms with Gasteiger partial charge in [-0.25, -0.2) is 4.98 Å². The lowest BCUT2D eigenvalue weighted by Gasteiger charge is -2.26. The summed E-state index contributed by atoms with van der Waals surface area (Å²) in [4.78, 5) is 40.9. The molecule has 0 unspecified atom stereocenters. The van der Waals surface area contributed by atoms with E-state index in [1.807, 2.05) is 12.4 Å². The zero-order valence-corrected chi connectivity index (χ0v) is 21.2. The highest BCUT2D eigenvalue weighted by atomic mass is 16.2. The Morgan fingerprint density at radius 2 is 1.78 bits per heavy atom. The van der Waals surface area contributed by atoms with E-state index in [2.05, 4.69) is 54.8 Å². The lowest BCUT2D eigenvalue weighted by molar-refractivity contribution is -0.110. The number of fused-ring (bicyclic) bond motifs is 1. The number of anilines is 1. The number of benzene rings is 1. The van der Waals surface area contributed by atoms with Crippen LogP contribution in [0.4, 0.5) is 5.69 Å². The van der Waals surface area contributed by atoms with Crippen molar-refractivity contribution in [3.05, 3.63) is 77.4 Å². The third-order valence-electron chi connectivity index (χ3n) is 6.92. The topological polar surface area (TPSA) is 99.6 Å². The van der Waals surface area contributed by atoms with E-state index in [1.54, 1.807) is 19.2 Å². The summed E-state index contributed by atoms with van der Waals surface area (Å²) >= 11 is 0. The number of pyridine rings is 2. The number of aryl methyl sites for hydroxylation is 1. The molecule has 1 fully saturated rings. The second-order valence-electron chi connectivity index (χ2n) is 9.59. The van der Waals surface area contributed by atoms with Gasteiger partial charge in [-0.2, -0.15) is 0 Å². The van der Waals surface area contributed by atoms with Crippen molar-refractivity contribution < 1.29 is 9.59 Å². The lowest BCUT2D eigenvalue weighted by atomic mass is 9.94. The highest BCUT2D eigenvalue weighted by Crippen LogP contribution is 2.27. The zero-order valence-electron chi connectivity index (χ0n) is 21.2. The predicted molar refractivity (Wildman–Crippen MR) is 145 cm³/mol. The maximum Gasteiger partial charge on any atom is 0.274 e. The SMILES string of the molecule is CNC(=O)c1ccc(NC(=O)C2=NCCCc3ccc(-c4cncc(CN5CCCCC5)c4)cc32)cn1. The van der Waals surface area contributed by atoms with Crippen molar-refractivity contribution in [3.63, 3.8) is 0 Å². The van der Waals surface area contributed by atoms with Gasteiger partial charge < -0.3 is 10.6 Å². The Hall–Kier alpha value is -3.91. The van der Waals surface area contributed by atoms with Crippen LogP contribution < -0.4 is 10.6 Å². The monoisotopic (exact) mass is 496 g/mol. The van der Waals surface area contributed by atoms with Crippen LogP contribution in [0.3, 0.4) is 0 Å². The Morgan fingerprint density at radius 3 is 2.57 bits per heavy atom. The van der Waals surface area contributed by atoms with Crippen molar-refractivity contribution in [2.24, 2.45) is 4.99 Å². The van der Waals surface area contributed by atoms with Gasteiger partial charge in [0.2, 0.25) is 0 Å². The molecule has 2 aliphatic rings. The van der Waals surface area contributed by atoms with Gasteiger partial charge in [0.1, 0.15) is 11.4 Å². The van der Waals surface area contributed by atoms with Gasteiger partial charge in [-0.05, 0) is 79.7 Å². The summed E-state index contributed by atoms with van der Waals surface area (Å²) in [5.74, 6) is -0.561. The number of rotatable bonds is 6. The van der Waals surface area contributed by atoms with Crippen molar-refractivity contribution in [1.29, 1.82) is 0 Å². The first-order chi connectivity index (χ1) is 18.1. The molecule has 0 saturated carbocycles. The van der Waals surface area contributed by atoms with Gasteiger partial charge in [0.25, 0.3) is 11.8 Å². The maximum atomic E-state index is 13.3. The molecule has 0 atom stereocenters. The molecule has 4 heterocycles. The smallest absolute Gasteiger partial charge is 0.274 e. The van der Waals surface area contributed by atoms with E-state index in [0.29, 0.717) is 23.6 Å². The molecule has 5 rings (SSSR count). The van der Waals surface area contributed by atoms with Crippen LogP contribution in [0, 0.1) is 0 Å². The molecule has 0 radical (unpaired) electrons. The van der Waals surface area contributed by atoms with E-state index in [9.17, 15) is 9.59 Å². The third-order valence-corrected chi connectivity index (χ3v) is 6.92. The van der Waals surface area contributed by atoms with E-state index < -0.39 is 0 Å². The van der Waals surface area contributed by atoms with E-state index in [-0.39, 0.29) is 11.8 Å². The Labute approximate surface area is 217 Å². The van der Waals surface area contributed by atoms with E-state index in [0.717, 1.165) is 54.7 Å². The van der Waals surface area contributed by atoms with E-state index >= 15 is 0 Å². The van der Waals surface area contributed by atoms with Gasteiger partial charge in [-0.1, -0.05) is 18.6 Å². The second kappa shape index (κ2) is 11.4. The van der Waals surface area contributed by atoms with E-state index in [1.165, 1.54) is 31.0 Å². The standard InChI is InChI=1S/C29H32N6O2/c1-30-28(36)26-10-9-24(18-33-26)34-29(37)27-25-15-22(8-7-21(25)6-5-11-32-27)23-14-20(16-31-17-23)19-35-12-3-2-4-13-35/h7-10,14-18H,2-6,11-13,19H2,1H3,(H,30,36)(H,34,37). The number of aliphatic imine (C=N–C) groups is 1. The van der Waals surface area contributed by atoms with Crippen LogP contribution in [0.25, 0.3) is 11.1 Å². The molecule has 2 aliphatic heterocycles. The average Bonchev–Trinajstić information content (AvgIpc) is 3.16. The molecule has 0 spiro atoms. The Morgan fingerprint density at radius 1 is 0.919 bits per heavy atom. The molecule has 1 aromatic carbocycles. The van der Waals surface area contributed by atoms with Crippen molar-refractivity contribution in [3.8, 4) is 11.1 Å². The average molecular weight is 497 g/mol. The van der Waals surface area contributed by atoms with E-state index in [4.69, 9.17) is 0 Å². The number of hydrogen-bond acceptors (Lipinski definition) is 6. The van der Waals surface area contributed by atoms with Crippen LogP contribution in [0.1, 0.15) is 52.9 Å². The number of hydrogen-bond donors (Lipinski definition) is 2. The van der Waals surface area contributed by atoms with Crippen molar-refractivity contribution in [1.82, 2.24) is 20.2 Å². The zero-order chi connectivity index (χ0) is 25.6. The van der Waals surface area contributed by atoms with Gasteiger partial charge in [0.05, 0.1) is 11.9 Å². The van der Waals surface area contributed by atoms with Crippen molar-refractivity contribution in [2.75, 3.05) is 32.0 Å². The van der Waals surface area contributed by atoms with Gasteiger partial charge >= 0.3 is 0 Å². The normalized spacial score (nSPS) is 15.8. The Balaban J connectivity index is 1.38. The number of nitrogens with one attached hydrogen (secondary N) is 2. The summed E-state index contributed by atoms with van der Waals surface area (Å²) in [6.07, 6.45) is 10.9. The summed E-state index contributed by atoms with van der Waals surface area (Å²) in [6.45, 7) is 3.78. The first-order valence-corrected chi connectivity index (χ1v) is 12.9. The minimum atomic E-state index is -0.285. The molecular weight excluding hydrogens is 464 g/mol. The molecule has 3 aromatic rings. The molecule has 8 nitrogen and oxygen atoms in total. The fraction of sp³-hybridized carbons (Fsp3) is 0.345. The molecular formula is C29H32N6O2. The summed E-state index contributed by atoms with van der Waals surface area (Å²) in [6, 6.07) is 11.7. The number of amides is 2. The number of likely N-dealkylation sites (tertiary alicyclic amines) is 1. The first kappa shape index (κ1) is 24.8. The quantitative estimate of drug-likeness (QED) is 0.540. The van der Waals surface area contributed by atoms with Crippen LogP contribution in [0.5, 0.6) is 0 Å².